The number of ether oxygens (including phenoxy) is 1. The summed E-state index contributed by atoms with van der Waals surface area (Å²) in [5, 5.41) is 18.4. The van der Waals surface area contributed by atoms with Gasteiger partial charge in [0.1, 0.15) is 5.72 Å². The molecule has 0 saturated carbocycles. The Kier molecular flexibility index (Phi) is 4.71. The monoisotopic (exact) mass is 307 g/mol. The Morgan fingerprint density at radius 3 is 2.41 bits per heavy atom. The van der Waals surface area contributed by atoms with Gasteiger partial charge >= 0.3 is 12.1 Å². The van der Waals surface area contributed by atoms with Gasteiger partial charge in [0.15, 0.2) is 0 Å². The summed E-state index contributed by atoms with van der Waals surface area (Å²) in [5.74, 6) is -0.909. The first kappa shape index (κ1) is 16.3. The van der Waals surface area contributed by atoms with Crippen LogP contribution in [-0.4, -0.2) is 45.0 Å². The minimum Gasteiger partial charge on any atom is -0.481 e. The van der Waals surface area contributed by atoms with Gasteiger partial charge in [0, 0.05) is 6.42 Å². The van der Waals surface area contributed by atoms with Gasteiger partial charge < -0.3 is 14.9 Å². The summed E-state index contributed by atoms with van der Waals surface area (Å²) >= 11 is 0. The Bertz CT molecular complexity index is 543. The number of carboxylic acid groups (broad SMARTS) is 2. The molecule has 1 heterocycles. The first-order chi connectivity index (χ1) is 10.3. The highest BCUT2D eigenvalue weighted by molar-refractivity contribution is 5.68. The third-order valence-electron chi connectivity index (χ3n) is 3.92. The van der Waals surface area contributed by atoms with E-state index in [4.69, 9.17) is 9.84 Å². The number of carboxylic acids is 1. The van der Waals surface area contributed by atoms with Crippen LogP contribution in [0.5, 0.6) is 0 Å². The molecule has 2 atom stereocenters. The number of benzene rings is 1. The van der Waals surface area contributed by atoms with Crippen LogP contribution < -0.4 is 0 Å². The molecule has 1 aromatic carbocycles. The van der Waals surface area contributed by atoms with Crippen molar-refractivity contribution in [2.24, 2.45) is 0 Å². The molecule has 0 radical (unpaired) electrons. The Hall–Kier alpha value is -2.08. The third kappa shape index (κ3) is 3.57. The number of hydrogen-bond donors (Lipinski definition) is 2. The Morgan fingerprint density at radius 1 is 1.23 bits per heavy atom. The molecule has 1 aliphatic rings. The van der Waals surface area contributed by atoms with Crippen molar-refractivity contribution in [3.05, 3.63) is 35.9 Å². The number of hydrogen-bond acceptors (Lipinski definition) is 3. The summed E-state index contributed by atoms with van der Waals surface area (Å²) in [7, 11) is 0. The second-order valence-electron chi connectivity index (χ2n) is 5.95. The fraction of sp³-hybridized carbons (Fsp3) is 0.500. The minimum absolute atomic E-state index is 0.0422. The highest BCUT2D eigenvalue weighted by atomic mass is 16.6. The molecule has 1 amide bonds. The molecule has 1 saturated heterocycles. The normalized spacial score (nSPS) is 23.5. The lowest BCUT2D eigenvalue weighted by molar-refractivity contribution is -0.138. The van der Waals surface area contributed by atoms with E-state index < -0.39 is 29.9 Å². The van der Waals surface area contributed by atoms with Gasteiger partial charge in [-0.15, -0.1) is 0 Å². The lowest BCUT2D eigenvalue weighted by Gasteiger charge is -2.31. The fourth-order valence-electron chi connectivity index (χ4n) is 3.04. The zero-order valence-electron chi connectivity index (χ0n) is 12.7. The summed E-state index contributed by atoms with van der Waals surface area (Å²) in [5.41, 5.74) is 0.0365. The van der Waals surface area contributed by atoms with Gasteiger partial charge in [-0.2, -0.15) is 0 Å². The molecule has 1 fully saturated rings. The van der Waals surface area contributed by atoms with Crippen molar-refractivity contribution >= 4 is 12.1 Å². The lowest BCUT2D eigenvalue weighted by Crippen LogP contribution is -2.48. The Balaban J connectivity index is 2.23. The molecule has 0 bridgehead atoms. The SMILES string of the molecule is CC1(C)O[C@@H](CCC(=O)O)[C@H](Cc2ccccc2)N1C(=O)O. The third-order valence-corrected chi connectivity index (χ3v) is 3.92. The van der Waals surface area contributed by atoms with E-state index in [-0.39, 0.29) is 6.42 Å². The van der Waals surface area contributed by atoms with Crippen molar-refractivity contribution in [3.8, 4) is 0 Å². The molecule has 1 aromatic rings. The summed E-state index contributed by atoms with van der Waals surface area (Å²) in [4.78, 5) is 23.7. The quantitative estimate of drug-likeness (QED) is 0.873. The van der Waals surface area contributed by atoms with Crippen molar-refractivity contribution in [2.45, 2.75) is 51.0 Å². The lowest BCUT2D eigenvalue weighted by atomic mass is 9.97. The first-order valence-corrected chi connectivity index (χ1v) is 7.27. The average molecular weight is 307 g/mol. The van der Waals surface area contributed by atoms with Gasteiger partial charge in [-0.25, -0.2) is 4.79 Å². The molecule has 2 N–H and O–H groups in total. The molecular weight excluding hydrogens is 286 g/mol. The van der Waals surface area contributed by atoms with Gasteiger partial charge in [-0.05, 0) is 32.3 Å². The van der Waals surface area contributed by atoms with E-state index in [1.54, 1.807) is 13.8 Å². The maximum atomic E-state index is 11.6. The maximum absolute atomic E-state index is 11.6. The van der Waals surface area contributed by atoms with E-state index >= 15 is 0 Å². The molecule has 120 valence electrons. The number of amides is 1. The first-order valence-electron chi connectivity index (χ1n) is 7.27. The van der Waals surface area contributed by atoms with E-state index in [0.717, 1.165) is 5.56 Å². The number of nitrogens with zero attached hydrogens (tertiary/aromatic N) is 1. The summed E-state index contributed by atoms with van der Waals surface area (Å²) in [6, 6.07) is 9.16. The second-order valence-corrected chi connectivity index (χ2v) is 5.95. The fourth-order valence-corrected chi connectivity index (χ4v) is 3.04. The number of aliphatic carboxylic acids is 1. The Labute approximate surface area is 129 Å². The number of carbonyl (C=O) groups is 2. The summed E-state index contributed by atoms with van der Waals surface area (Å²) in [6.45, 7) is 3.39. The molecule has 0 spiro atoms. The molecule has 1 aliphatic heterocycles. The molecule has 0 aliphatic carbocycles. The van der Waals surface area contributed by atoms with Crippen molar-refractivity contribution in [2.75, 3.05) is 0 Å². The molecular formula is C16H21NO5. The van der Waals surface area contributed by atoms with Crippen LogP contribution in [0.2, 0.25) is 0 Å². The van der Waals surface area contributed by atoms with Crippen LogP contribution in [0.1, 0.15) is 32.3 Å². The zero-order chi connectivity index (χ0) is 16.3. The van der Waals surface area contributed by atoms with Crippen molar-refractivity contribution < 1.29 is 24.5 Å². The average Bonchev–Trinajstić information content (AvgIpc) is 2.68. The van der Waals surface area contributed by atoms with Crippen LogP contribution in [0.25, 0.3) is 0 Å². The second kappa shape index (κ2) is 6.36. The highest BCUT2D eigenvalue weighted by Gasteiger charge is 2.49. The van der Waals surface area contributed by atoms with Crippen LogP contribution in [0.4, 0.5) is 4.79 Å². The van der Waals surface area contributed by atoms with Crippen LogP contribution in [0, 0.1) is 0 Å². The Morgan fingerprint density at radius 2 is 1.86 bits per heavy atom. The molecule has 22 heavy (non-hydrogen) atoms. The van der Waals surface area contributed by atoms with E-state index in [0.29, 0.717) is 12.8 Å². The molecule has 0 unspecified atom stereocenters. The summed E-state index contributed by atoms with van der Waals surface area (Å²) in [6.07, 6.45) is -0.730. The topological polar surface area (TPSA) is 87.1 Å². The summed E-state index contributed by atoms with van der Waals surface area (Å²) < 4.78 is 5.84. The van der Waals surface area contributed by atoms with Crippen LogP contribution in [-0.2, 0) is 16.0 Å². The number of rotatable bonds is 5. The zero-order valence-corrected chi connectivity index (χ0v) is 12.7. The predicted molar refractivity (Wildman–Crippen MR) is 79.6 cm³/mol. The largest absolute Gasteiger partial charge is 0.481 e. The minimum atomic E-state index is -1.05. The van der Waals surface area contributed by atoms with Gasteiger partial charge in [0.25, 0.3) is 0 Å². The van der Waals surface area contributed by atoms with E-state index in [1.165, 1.54) is 4.90 Å². The predicted octanol–water partition coefficient (Wildman–Crippen LogP) is 2.58. The molecule has 0 aromatic heterocycles. The van der Waals surface area contributed by atoms with Gasteiger partial charge in [0.05, 0.1) is 12.1 Å². The maximum Gasteiger partial charge on any atom is 0.409 e. The van der Waals surface area contributed by atoms with E-state index in [2.05, 4.69) is 0 Å². The molecule has 6 heteroatoms. The van der Waals surface area contributed by atoms with E-state index in [1.807, 2.05) is 30.3 Å². The van der Waals surface area contributed by atoms with Crippen molar-refractivity contribution in [1.82, 2.24) is 4.90 Å². The van der Waals surface area contributed by atoms with Crippen LogP contribution in [0.3, 0.4) is 0 Å². The van der Waals surface area contributed by atoms with Crippen molar-refractivity contribution in [3.63, 3.8) is 0 Å². The van der Waals surface area contributed by atoms with Gasteiger partial charge in [-0.3, -0.25) is 9.69 Å². The van der Waals surface area contributed by atoms with Crippen LogP contribution >= 0.6 is 0 Å². The van der Waals surface area contributed by atoms with Crippen molar-refractivity contribution in [1.29, 1.82) is 0 Å². The standard InChI is InChI=1S/C16H21NO5/c1-16(2)17(15(20)21)12(10-11-6-4-3-5-7-11)13(22-16)8-9-14(18)19/h3-7,12-13H,8-10H2,1-2H3,(H,18,19)(H,20,21)/t12-,13-/m0/s1. The molecule has 6 nitrogen and oxygen atoms in total. The van der Waals surface area contributed by atoms with Gasteiger partial charge in [-0.1, -0.05) is 30.3 Å². The smallest absolute Gasteiger partial charge is 0.409 e. The van der Waals surface area contributed by atoms with E-state index in [9.17, 15) is 14.7 Å². The van der Waals surface area contributed by atoms with Gasteiger partial charge in [0.2, 0.25) is 0 Å². The van der Waals surface area contributed by atoms with Crippen LogP contribution in [0.15, 0.2) is 30.3 Å². The molecule has 2 rings (SSSR count). The highest BCUT2D eigenvalue weighted by Crippen LogP contribution is 2.35.